The van der Waals surface area contributed by atoms with Crippen molar-refractivity contribution >= 4 is 27.7 Å². The summed E-state index contributed by atoms with van der Waals surface area (Å²) in [6, 6.07) is 1.32. The third kappa shape index (κ3) is 3.40. The van der Waals surface area contributed by atoms with Crippen molar-refractivity contribution in [2.24, 2.45) is 0 Å². The number of ether oxygens (including phenoxy) is 1. The lowest BCUT2D eigenvalue weighted by Gasteiger charge is -2.22. The second-order valence-electron chi connectivity index (χ2n) is 4.88. The van der Waals surface area contributed by atoms with Crippen molar-refractivity contribution in [3.05, 3.63) is 27.8 Å². The van der Waals surface area contributed by atoms with Gasteiger partial charge in [-0.25, -0.2) is 4.79 Å². The standard InChI is InChI=1S/C13H12ClF3O5S/c1-21-12(18)10-8-5-3-2-4-7(8)6-9(14)11(10)22-23(19,20)13(15,16)17/h6H,2-5H2,1H3. The van der Waals surface area contributed by atoms with Gasteiger partial charge in [0.1, 0.15) is 5.56 Å². The third-order valence-corrected chi connectivity index (χ3v) is 4.66. The number of esters is 1. The first-order valence-electron chi connectivity index (χ1n) is 6.52. The second kappa shape index (κ2) is 6.20. The Hall–Kier alpha value is -1.48. The fourth-order valence-electron chi connectivity index (χ4n) is 2.40. The van der Waals surface area contributed by atoms with E-state index in [-0.39, 0.29) is 10.6 Å². The molecule has 1 aliphatic carbocycles. The quantitative estimate of drug-likeness (QED) is 0.463. The van der Waals surface area contributed by atoms with Gasteiger partial charge in [0.2, 0.25) is 0 Å². The first kappa shape index (κ1) is 17.9. The van der Waals surface area contributed by atoms with Crippen molar-refractivity contribution in [1.29, 1.82) is 0 Å². The summed E-state index contributed by atoms with van der Waals surface area (Å²) in [5.41, 5.74) is -4.94. The molecule has 23 heavy (non-hydrogen) atoms. The molecule has 0 atom stereocenters. The van der Waals surface area contributed by atoms with Crippen LogP contribution in [0.5, 0.6) is 5.75 Å². The molecule has 1 aromatic carbocycles. The Morgan fingerprint density at radius 3 is 2.43 bits per heavy atom. The molecule has 0 N–H and O–H groups in total. The lowest BCUT2D eigenvalue weighted by Crippen LogP contribution is -2.29. The number of halogens is 4. The van der Waals surface area contributed by atoms with Crippen molar-refractivity contribution in [1.82, 2.24) is 0 Å². The minimum atomic E-state index is -5.96. The average Bonchev–Trinajstić information content (AvgIpc) is 2.46. The smallest absolute Gasteiger partial charge is 0.465 e. The number of alkyl halides is 3. The maximum Gasteiger partial charge on any atom is 0.534 e. The predicted octanol–water partition coefficient (Wildman–Crippen LogP) is 3.23. The van der Waals surface area contributed by atoms with Crippen LogP contribution in [0, 0.1) is 0 Å². The van der Waals surface area contributed by atoms with E-state index in [9.17, 15) is 26.4 Å². The van der Waals surface area contributed by atoms with Gasteiger partial charge in [-0.1, -0.05) is 11.6 Å². The highest BCUT2D eigenvalue weighted by Gasteiger charge is 2.49. The second-order valence-corrected chi connectivity index (χ2v) is 6.83. The molecular formula is C13H12ClF3O5S. The Morgan fingerprint density at radius 2 is 1.87 bits per heavy atom. The minimum absolute atomic E-state index is 0.373. The highest BCUT2D eigenvalue weighted by Crippen LogP contribution is 2.40. The van der Waals surface area contributed by atoms with E-state index in [1.807, 2.05) is 0 Å². The minimum Gasteiger partial charge on any atom is -0.465 e. The monoisotopic (exact) mass is 372 g/mol. The van der Waals surface area contributed by atoms with E-state index in [0.717, 1.165) is 13.5 Å². The number of hydrogen-bond acceptors (Lipinski definition) is 5. The van der Waals surface area contributed by atoms with Crippen molar-refractivity contribution in [2.75, 3.05) is 7.11 Å². The maximum atomic E-state index is 12.5. The molecule has 0 radical (unpaired) electrons. The van der Waals surface area contributed by atoms with Crippen LogP contribution < -0.4 is 4.18 Å². The van der Waals surface area contributed by atoms with Crippen LogP contribution in [0.3, 0.4) is 0 Å². The van der Waals surface area contributed by atoms with Gasteiger partial charge in [-0.2, -0.15) is 21.6 Å². The van der Waals surface area contributed by atoms with Gasteiger partial charge in [0, 0.05) is 0 Å². The molecule has 5 nitrogen and oxygen atoms in total. The van der Waals surface area contributed by atoms with Gasteiger partial charge in [-0.05, 0) is 42.9 Å². The van der Waals surface area contributed by atoms with Gasteiger partial charge < -0.3 is 8.92 Å². The van der Waals surface area contributed by atoms with E-state index < -0.39 is 27.3 Å². The fraction of sp³-hybridized carbons (Fsp3) is 0.462. The molecule has 0 spiro atoms. The Bertz CT molecular complexity index is 743. The van der Waals surface area contributed by atoms with Crippen LogP contribution >= 0.6 is 11.6 Å². The fourth-order valence-corrected chi connectivity index (χ4v) is 3.20. The Labute approximate surface area is 135 Å². The largest absolute Gasteiger partial charge is 0.534 e. The third-order valence-electron chi connectivity index (χ3n) is 3.42. The summed E-state index contributed by atoms with van der Waals surface area (Å²) in [5, 5.41) is -0.390. The molecule has 0 fully saturated rings. The summed E-state index contributed by atoms with van der Waals surface area (Å²) in [4.78, 5) is 12.0. The summed E-state index contributed by atoms with van der Waals surface area (Å²) in [7, 11) is -4.93. The molecule has 0 heterocycles. The molecule has 0 unspecified atom stereocenters. The van der Waals surface area contributed by atoms with Crippen LogP contribution in [0.1, 0.15) is 34.3 Å². The Kier molecular flexibility index (Phi) is 4.81. The van der Waals surface area contributed by atoms with Gasteiger partial charge in [-0.15, -0.1) is 0 Å². The first-order valence-corrected chi connectivity index (χ1v) is 8.30. The molecule has 2 rings (SSSR count). The number of methoxy groups -OCH3 is 1. The Balaban J connectivity index is 2.66. The van der Waals surface area contributed by atoms with Crippen molar-refractivity contribution in [3.8, 4) is 5.75 Å². The zero-order valence-electron chi connectivity index (χ0n) is 11.9. The molecule has 10 heteroatoms. The summed E-state index contributed by atoms with van der Waals surface area (Å²) < 4.78 is 68.8. The van der Waals surface area contributed by atoms with Crippen LogP contribution in [-0.2, 0) is 27.7 Å². The van der Waals surface area contributed by atoms with Crippen LogP contribution in [0.4, 0.5) is 13.2 Å². The zero-order valence-corrected chi connectivity index (χ0v) is 13.4. The number of carbonyl (C=O) groups excluding carboxylic acids is 1. The van der Waals surface area contributed by atoms with E-state index in [4.69, 9.17) is 11.6 Å². The van der Waals surface area contributed by atoms with E-state index in [1.54, 1.807) is 0 Å². The first-order chi connectivity index (χ1) is 10.6. The van der Waals surface area contributed by atoms with Crippen molar-refractivity contribution in [2.45, 2.75) is 31.2 Å². The lowest BCUT2D eigenvalue weighted by atomic mass is 9.87. The van der Waals surface area contributed by atoms with Gasteiger partial charge in [0.15, 0.2) is 5.75 Å². The highest BCUT2D eigenvalue weighted by molar-refractivity contribution is 7.88. The van der Waals surface area contributed by atoms with Crippen LogP contribution in [0.2, 0.25) is 5.02 Å². The van der Waals surface area contributed by atoms with Crippen LogP contribution in [-0.4, -0.2) is 27.0 Å². The van der Waals surface area contributed by atoms with Crippen LogP contribution in [0.15, 0.2) is 6.07 Å². The number of benzene rings is 1. The van der Waals surface area contributed by atoms with E-state index in [1.165, 1.54) is 6.07 Å². The zero-order chi connectivity index (χ0) is 17.4. The number of fused-ring (bicyclic) bond motifs is 1. The topological polar surface area (TPSA) is 69.7 Å². The summed E-state index contributed by atoms with van der Waals surface area (Å²) in [6.07, 6.45) is 2.49. The molecule has 128 valence electrons. The maximum absolute atomic E-state index is 12.5. The Morgan fingerprint density at radius 1 is 1.26 bits per heavy atom. The molecular weight excluding hydrogens is 361 g/mol. The predicted molar refractivity (Wildman–Crippen MR) is 75.0 cm³/mol. The highest BCUT2D eigenvalue weighted by atomic mass is 35.5. The molecule has 0 bridgehead atoms. The number of carbonyl (C=O) groups is 1. The number of aryl methyl sites for hydroxylation is 1. The average molecular weight is 373 g/mol. The molecule has 1 aromatic rings. The molecule has 0 amide bonds. The molecule has 0 saturated carbocycles. The summed E-state index contributed by atoms with van der Waals surface area (Å²) in [5.74, 6) is -1.85. The van der Waals surface area contributed by atoms with Crippen LogP contribution in [0.25, 0.3) is 0 Å². The lowest BCUT2D eigenvalue weighted by molar-refractivity contribution is -0.0500. The number of rotatable bonds is 3. The molecule has 0 aliphatic heterocycles. The summed E-state index contributed by atoms with van der Waals surface area (Å²) in [6.45, 7) is 0. The van der Waals surface area contributed by atoms with Gasteiger partial charge in [0.05, 0.1) is 12.1 Å². The van der Waals surface area contributed by atoms with Gasteiger partial charge in [0.25, 0.3) is 0 Å². The number of hydrogen-bond donors (Lipinski definition) is 0. The SMILES string of the molecule is COC(=O)c1c2c(cc(Cl)c1OS(=O)(=O)C(F)(F)F)CCCC2. The van der Waals surface area contributed by atoms with E-state index in [2.05, 4.69) is 8.92 Å². The van der Waals surface area contributed by atoms with E-state index >= 15 is 0 Å². The molecule has 0 saturated heterocycles. The molecule has 0 aromatic heterocycles. The van der Waals surface area contributed by atoms with Crippen molar-refractivity contribution in [3.63, 3.8) is 0 Å². The summed E-state index contributed by atoms with van der Waals surface area (Å²) >= 11 is 5.86. The van der Waals surface area contributed by atoms with Gasteiger partial charge >= 0.3 is 21.6 Å². The van der Waals surface area contributed by atoms with Crippen molar-refractivity contribution < 1.29 is 35.3 Å². The van der Waals surface area contributed by atoms with E-state index in [0.29, 0.717) is 30.4 Å². The van der Waals surface area contributed by atoms with Gasteiger partial charge in [-0.3, -0.25) is 0 Å². The molecule has 1 aliphatic rings. The normalized spacial score (nSPS) is 15.0.